The average molecular weight is 619 g/mol. The van der Waals surface area contributed by atoms with E-state index in [1.807, 2.05) is 46.8 Å². The Labute approximate surface area is 258 Å². The van der Waals surface area contributed by atoms with Crippen LogP contribution in [0.5, 0.6) is 17.2 Å². The molecule has 43 heavy (non-hydrogen) atoms. The second kappa shape index (κ2) is 17.0. The number of amides is 1. The first-order chi connectivity index (χ1) is 20.3. The smallest absolute Gasteiger partial charge is 0.407 e. The van der Waals surface area contributed by atoms with Gasteiger partial charge in [0.05, 0.1) is 19.4 Å². The summed E-state index contributed by atoms with van der Waals surface area (Å²) in [6.07, 6.45) is 7.39. The molecule has 0 saturated carbocycles. The van der Waals surface area contributed by atoms with Crippen LogP contribution in [-0.4, -0.2) is 51.5 Å². The van der Waals surface area contributed by atoms with Gasteiger partial charge in [-0.3, -0.25) is 4.31 Å². The number of rotatable bonds is 18. The minimum absolute atomic E-state index is 0.0130. The molecule has 2 rings (SSSR count). The molecule has 0 bridgehead atoms. The maximum Gasteiger partial charge on any atom is 0.407 e. The molecular weight excluding hydrogens is 568 g/mol. The summed E-state index contributed by atoms with van der Waals surface area (Å²) in [5.41, 5.74) is 0.435. The quantitative estimate of drug-likeness (QED) is 0.132. The number of unbranched alkanes of at least 4 members (excludes halogenated alkanes) is 4. The molecule has 2 aromatic carbocycles. The first-order valence-electron chi connectivity index (χ1n) is 15.1. The van der Waals surface area contributed by atoms with Crippen molar-refractivity contribution in [3.05, 3.63) is 54.6 Å². The maximum absolute atomic E-state index is 14.2. The lowest BCUT2D eigenvalue weighted by Gasteiger charge is -2.27. The van der Waals surface area contributed by atoms with Crippen LogP contribution in [0.25, 0.3) is 0 Å². The summed E-state index contributed by atoms with van der Waals surface area (Å²) >= 11 is 0. The second-order valence-corrected chi connectivity index (χ2v) is 13.5. The molecule has 1 amide bonds. The average Bonchev–Trinajstić information content (AvgIpc) is 2.93. The van der Waals surface area contributed by atoms with Crippen LogP contribution in [0, 0.1) is 0 Å². The molecule has 0 radical (unpaired) electrons. The normalized spacial score (nSPS) is 12.3. The number of phenolic OH excluding ortho intramolecular Hbond substituents is 1. The molecule has 0 aliphatic rings. The van der Waals surface area contributed by atoms with Crippen molar-refractivity contribution in [2.75, 3.05) is 24.6 Å². The molecule has 0 spiro atoms. The zero-order chi connectivity index (χ0) is 32.0. The highest BCUT2D eigenvalue weighted by atomic mass is 32.2. The van der Waals surface area contributed by atoms with Crippen molar-refractivity contribution in [2.45, 2.75) is 103 Å². The van der Waals surface area contributed by atoms with Crippen molar-refractivity contribution in [1.29, 1.82) is 0 Å². The van der Waals surface area contributed by atoms with Gasteiger partial charge < -0.3 is 24.6 Å². The SMILES string of the molecule is C=CCCCCOc1cc(OC)ccc1S(=O)(=O)N(CCCCC)c1ccc(CCC(C)NC(=O)OC(C)(C)C)cc1O. The lowest BCUT2D eigenvalue weighted by Crippen LogP contribution is -2.37. The summed E-state index contributed by atoms with van der Waals surface area (Å²) in [5.74, 6) is 0.562. The summed E-state index contributed by atoms with van der Waals surface area (Å²) in [4.78, 5) is 12.1. The van der Waals surface area contributed by atoms with E-state index in [-0.39, 0.29) is 34.7 Å². The molecule has 0 fully saturated rings. The standard InChI is InChI=1S/C33H50N2O7S/c1-8-10-12-14-22-41-30-24-27(40-7)18-20-31(30)43(38,39)35(21-13-11-9-2)28-19-17-26(23-29(28)36)16-15-25(3)34-32(37)42-33(4,5)6/h8,17-20,23-25,36H,1,9-16,21-22H2,2-7H3,(H,34,37). The predicted molar refractivity (Wildman–Crippen MR) is 172 cm³/mol. The van der Waals surface area contributed by atoms with E-state index in [4.69, 9.17) is 14.2 Å². The van der Waals surface area contributed by atoms with Gasteiger partial charge in [-0.25, -0.2) is 13.2 Å². The fraction of sp³-hybridized carbons (Fsp3) is 0.545. The topological polar surface area (TPSA) is 114 Å². The zero-order valence-electron chi connectivity index (χ0n) is 26.6. The number of anilines is 1. The molecule has 240 valence electrons. The van der Waals surface area contributed by atoms with E-state index in [1.165, 1.54) is 17.5 Å². The lowest BCUT2D eigenvalue weighted by atomic mass is 10.1. The van der Waals surface area contributed by atoms with Gasteiger partial charge in [-0.1, -0.05) is 31.9 Å². The van der Waals surface area contributed by atoms with E-state index in [1.54, 1.807) is 24.3 Å². The third kappa shape index (κ3) is 11.7. The van der Waals surface area contributed by atoms with Crippen LogP contribution in [0.15, 0.2) is 53.9 Å². The van der Waals surface area contributed by atoms with Crippen molar-refractivity contribution < 1.29 is 32.5 Å². The molecule has 1 atom stereocenters. The van der Waals surface area contributed by atoms with Crippen molar-refractivity contribution in [3.63, 3.8) is 0 Å². The van der Waals surface area contributed by atoms with Gasteiger partial charge in [0.25, 0.3) is 10.0 Å². The summed E-state index contributed by atoms with van der Waals surface area (Å²) in [5, 5.41) is 13.9. The van der Waals surface area contributed by atoms with Crippen molar-refractivity contribution in [3.8, 4) is 17.2 Å². The number of phenols is 1. The van der Waals surface area contributed by atoms with Crippen molar-refractivity contribution in [2.24, 2.45) is 0 Å². The van der Waals surface area contributed by atoms with Gasteiger partial charge in [-0.05, 0) is 96.0 Å². The van der Waals surface area contributed by atoms with Gasteiger partial charge in [-0.2, -0.15) is 0 Å². The molecule has 1 unspecified atom stereocenters. The second-order valence-electron chi connectivity index (χ2n) is 11.6. The number of carbonyl (C=O) groups is 1. The molecule has 0 aliphatic carbocycles. The van der Waals surface area contributed by atoms with E-state index in [2.05, 4.69) is 11.9 Å². The predicted octanol–water partition coefficient (Wildman–Crippen LogP) is 7.37. The molecular formula is C33H50N2O7S. The number of aryl methyl sites for hydroxylation is 1. The molecule has 2 aromatic rings. The number of alkyl carbamates (subject to hydrolysis) is 1. The number of ether oxygens (including phenoxy) is 3. The van der Waals surface area contributed by atoms with Gasteiger partial charge in [0.15, 0.2) is 0 Å². The number of nitrogens with zero attached hydrogens (tertiary/aromatic N) is 1. The minimum Gasteiger partial charge on any atom is -0.506 e. The molecule has 0 aromatic heterocycles. The number of hydrogen-bond donors (Lipinski definition) is 2. The number of methoxy groups -OCH3 is 1. The Balaban J connectivity index is 2.31. The van der Waals surface area contributed by atoms with Crippen LogP contribution in [0.3, 0.4) is 0 Å². The van der Waals surface area contributed by atoms with Crippen LogP contribution in [0.1, 0.15) is 85.1 Å². The highest BCUT2D eigenvalue weighted by Crippen LogP contribution is 2.37. The largest absolute Gasteiger partial charge is 0.506 e. The van der Waals surface area contributed by atoms with Gasteiger partial charge in [0.1, 0.15) is 27.7 Å². The number of sulfonamides is 1. The Kier molecular flexibility index (Phi) is 14.2. The number of benzene rings is 2. The Morgan fingerprint density at radius 3 is 2.49 bits per heavy atom. The van der Waals surface area contributed by atoms with E-state index in [0.29, 0.717) is 31.6 Å². The van der Waals surface area contributed by atoms with Gasteiger partial charge in [0, 0.05) is 18.7 Å². The Bertz CT molecular complexity index is 1290. The molecule has 0 heterocycles. The fourth-order valence-electron chi connectivity index (χ4n) is 4.41. The number of carbonyl (C=O) groups excluding carboxylic acids is 1. The summed E-state index contributed by atoms with van der Waals surface area (Å²) < 4.78 is 46.2. The number of allylic oxidation sites excluding steroid dienone is 1. The molecule has 10 heteroatoms. The lowest BCUT2D eigenvalue weighted by molar-refractivity contribution is 0.0506. The molecule has 0 saturated heterocycles. The van der Waals surface area contributed by atoms with Gasteiger partial charge >= 0.3 is 6.09 Å². The Morgan fingerprint density at radius 1 is 1.12 bits per heavy atom. The maximum atomic E-state index is 14.2. The van der Waals surface area contributed by atoms with Gasteiger partial charge in [0.2, 0.25) is 0 Å². The van der Waals surface area contributed by atoms with Crippen LogP contribution < -0.4 is 19.1 Å². The third-order valence-corrected chi connectivity index (χ3v) is 8.53. The minimum atomic E-state index is -4.11. The van der Waals surface area contributed by atoms with Crippen LogP contribution in [-0.2, 0) is 21.2 Å². The van der Waals surface area contributed by atoms with Crippen molar-refractivity contribution >= 4 is 21.8 Å². The third-order valence-electron chi connectivity index (χ3n) is 6.68. The fourth-order valence-corrected chi connectivity index (χ4v) is 6.04. The highest BCUT2D eigenvalue weighted by Gasteiger charge is 2.30. The first kappa shape index (κ1) is 35.8. The number of nitrogens with one attached hydrogen (secondary N) is 1. The van der Waals surface area contributed by atoms with E-state index < -0.39 is 21.7 Å². The zero-order valence-corrected chi connectivity index (χ0v) is 27.5. The summed E-state index contributed by atoms with van der Waals surface area (Å²) in [6, 6.07) is 9.54. The first-order valence-corrected chi connectivity index (χ1v) is 16.5. The summed E-state index contributed by atoms with van der Waals surface area (Å²) in [6.45, 7) is 13.6. The Morgan fingerprint density at radius 2 is 1.86 bits per heavy atom. The number of aromatic hydroxyl groups is 1. The highest BCUT2D eigenvalue weighted by molar-refractivity contribution is 7.93. The van der Waals surface area contributed by atoms with Crippen LogP contribution in [0.4, 0.5) is 10.5 Å². The molecule has 2 N–H and O–H groups in total. The van der Waals surface area contributed by atoms with E-state index >= 15 is 0 Å². The van der Waals surface area contributed by atoms with E-state index in [9.17, 15) is 18.3 Å². The van der Waals surface area contributed by atoms with E-state index in [0.717, 1.165) is 37.7 Å². The number of hydrogen-bond acceptors (Lipinski definition) is 7. The summed E-state index contributed by atoms with van der Waals surface area (Å²) in [7, 11) is -2.60. The monoisotopic (exact) mass is 618 g/mol. The van der Waals surface area contributed by atoms with Crippen molar-refractivity contribution in [1.82, 2.24) is 5.32 Å². The Hall–Kier alpha value is -3.40. The van der Waals surface area contributed by atoms with Gasteiger partial charge in [-0.15, -0.1) is 6.58 Å². The van der Waals surface area contributed by atoms with Crippen LogP contribution in [0.2, 0.25) is 0 Å². The molecule has 9 nitrogen and oxygen atoms in total. The molecule has 0 aliphatic heterocycles. The van der Waals surface area contributed by atoms with Crippen LogP contribution >= 0.6 is 0 Å².